The molecule has 2 bridgehead atoms. The first kappa shape index (κ1) is 13.0. The zero-order chi connectivity index (χ0) is 14.1. The van der Waals surface area contributed by atoms with Gasteiger partial charge in [0.2, 0.25) is 11.7 Å². The van der Waals surface area contributed by atoms with E-state index in [2.05, 4.69) is 20.4 Å². The molecule has 2 aliphatic heterocycles. The summed E-state index contributed by atoms with van der Waals surface area (Å²) in [6.07, 6.45) is 3.84. The Labute approximate surface area is 124 Å². The number of fused-ring (bicyclic) bond motifs is 2. The van der Waals surface area contributed by atoms with Gasteiger partial charge in [-0.3, -0.25) is 4.90 Å². The van der Waals surface area contributed by atoms with Gasteiger partial charge in [0.15, 0.2) is 0 Å². The van der Waals surface area contributed by atoms with E-state index in [1.165, 1.54) is 19.3 Å². The lowest BCUT2D eigenvalue weighted by molar-refractivity contribution is 0.216. The second kappa shape index (κ2) is 5.58. The van der Waals surface area contributed by atoms with Crippen molar-refractivity contribution in [2.24, 2.45) is 0 Å². The van der Waals surface area contributed by atoms with Gasteiger partial charge in [-0.25, -0.2) is 0 Å². The molecule has 2 unspecified atom stereocenters. The topological polar surface area (TPSA) is 54.2 Å². The molecule has 0 spiro atoms. The van der Waals surface area contributed by atoms with Crippen LogP contribution in [0, 0.1) is 0 Å². The van der Waals surface area contributed by atoms with Crippen LogP contribution in [0.1, 0.15) is 25.2 Å². The largest absolute Gasteiger partial charge is 0.338 e. The van der Waals surface area contributed by atoms with Crippen LogP contribution in [0.3, 0.4) is 0 Å². The van der Waals surface area contributed by atoms with Gasteiger partial charge < -0.3 is 9.84 Å². The van der Waals surface area contributed by atoms with E-state index in [-0.39, 0.29) is 0 Å². The van der Waals surface area contributed by atoms with Gasteiger partial charge in [-0.05, 0) is 19.3 Å². The zero-order valence-corrected chi connectivity index (χ0v) is 12.0. The standard InChI is InChI=1S/C16H20N4O/c1-2-4-12(5-3-1)16-18-15(21-19-16)11-20-9-8-13-6-7-14(10-20)17-13/h1-5,13-14,17H,6-11H2. The summed E-state index contributed by atoms with van der Waals surface area (Å²) in [7, 11) is 0. The molecule has 2 aromatic rings. The summed E-state index contributed by atoms with van der Waals surface area (Å²) in [6.45, 7) is 2.95. The number of nitrogens with zero attached hydrogens (tertiary/aromatic N) is 3. The van der Waals surface area contributed by atoms with Crippen molar-refractivity contribution in [3.05, 3.63) is 36.2 Å². The fourth-order valence-electron chi connectivity index (χ4n) is 3.37. The zero-order valence-electron chi connectivity index (χ0n) is 12.0. The average molecular weight is 284 g/mol. The molecule has 2 atom stereocenters. The minimum absolute atomic E-state index is 0.633. The molecule has 21 heavy (non-hydrogen) atoms. The minimum atomic E-state index is 0.633. The molecule has 5 heteroatoms. The summed E-state index contributed by atoms with van der Waals surface area (Å²) in [5, 5.41) is 7.79. The molecular weight excluding hydrogens is 264 g/mol. The highest BCUT2D eigenvalue weighted by Crippen LogP contribution is 2.22. The van der Waals surface area contributed by atoms with Crippen LogP contribution in [0.5, 0.6) is 0 Å². The first-order valence-corrected chi connectivity index (χ1v) is 7.73. The van der Waals surface area contributed by atoms with E-state index in [1.807, 2.05) is 30.3 Å². The molecule has 1 aromatic heterocycles. The van der Waals surface area contributed by atoms with Gasteiger partial charge in [0, 0.05) is 30.7 Å². The van der Waals surface area contributed by atoms with E-state index in [4.69, 9.17) is 4.52 Å². The molecule has 0 amide bonds. The van der Waals surface area contributed by atoms with E-state index in [0.717, 1.165) is 25.2 Å². The minimum Gasteiger partial charge on any atom is -0.338 e. The molecule has 2 saturated heterocycles. The second-order valence-electron chi connectivity index (χ2n) is 6.04. The molecule has 1 N–H and O–H groups in total. The maximum Gasteiger partial charge on any atom is 0.241 e. The van der Waals surface area contributed by atoms with Crippen molar-refractivity contribution in [3.8, 4) is 11.4 Å². The van der Waals surface area contributed by atoms with Gasteiger partial charge >= 0.3 is 0 Å². The van der Waals surface area contributed by atoms with Crippen LogP contribution in [0.15, 0.2) is 34.9 Å². The maximum absolute atomic E-state index is 5.42. The molecule has 1 aromatic carbocycles. The van der Waals surface area contributed by atoms with Crippen LogP contribution in [-0.4, -0.2) is 40.2 Å². The maximum atomic E-state index is 5.42. The Morgan fingerprint density at radius 2 is 2.00 bits per heavy atom. The highest BCUT2D eigenvalue weighted by molar-refractivity contribution is 5.53. The Morgan fingerprint density at radius 3 is 2.90 bits per heavy atom. The summed E-state index contributed by atoms with van der Waals surface area (Å²) in [6, 6.07) is 11.3. The van der Waals surface area contributed by atoms with E-state index < -0.39 is 0 Å². The molecule has 0 radical (unpaired) electrons. The van der Waals surface area contributed by atoms with Crippen LogP contribution in [0.4, 0.5) is 0 Å². The van der Waals surface area contributed by atoms with Crippen molar-refractivity contribution in [1.82, 2.24) is 20.4 Å². The second-order valence-corrected chi connectivity index (χ2v) is 6.04. The number of hydrogen-bond acceptors (Lipinski definition) is 5. The quantitative estimate of drug-likeness (QED) is 0.935. The van der Waals surface area contributed by atoms with Crippen LogP contribution in [-0.2, 0) is 6.54 Å². The number of nitrogens with one attached hydrogen (secondary N) is 1. The summed E-state index contributed by atoms with van der Waals surface area (Å²) >= 11 is 0. The van der Waals surface area contributed by atoms with Crippen molar-refractivity contribution in [3.63, 3.8) is 0 Å². The molecule has 0 saturated carbocycles. The average Bonchev–Trinajstić information content (AvgIpc) is 3.09. The van der Waals surface area contributed by atoms with Gasteiger partial charge in [-0.15, -0.1) is 0 Å². The monoisotopic (exact) mass is 284 g/mol. The van der Waals surface area contributed by atoms with Crippen molar-refractivity contribution >= 4 is 0 Å². The highest BCUT2D eigenvalue weighted by Gasteiger charge is 2.29. The van der Waals surface area contributed by atoms with Crippen molar-refractivity contribution in [2.45, 2.75) is 37.9 Å². The predicted octanol–water partition coefficient (Wildman–Crippen LogP) is 2.06. The third kappa shape index (κ3) is 2.84. The summed E-state index contributed by atoms with van der Waals surface area (Å²) in [5.74, 6) is 1.40. The third-order valence-electron chi connectivity index (χ3n) is 4.47. The van der Waals surface area contributed by atoms with Crippen LogP contribution >= 0.6 is 0 Å². The summed E-state index contributed by atoms with van der Waals surface area (Å²) in [5.41, 5.74) is 1.00. The summed E-state index contributed by atoms with van der Waals surface area (Å²) in [4.78, 5) is 6.96. The predicted molar refractivity (Wildman–Crippen MR) is 79.6 cm³/mol. The van der Waals surface area contributed by atoms with Gasteiger partial charge in [0.05, 0.1) is 6.54 Å². The van der Waals surface area contributed by atoms with Crippen LogP contribution in [0.2, 0.25) is 0 Å². The number of hydrogen-bond donors (Lipinski definition) is 1. The molecule has 0 aliphatic carbocycles. The summed E-state index contributed by atoms with van der Waals surface area (Å²) < 4.78 is 5.42. The Balaban J connectivity index is 1.44. The Bertz CT molecular complexity index is 597. The number of likely N-dealkylation sites (tertiary alicyclic amines) is 1. The molecule has 2 fully saturated rings. The van der Waals surface area contributed by atoms with E-state index >= 15 is 0 Å². The first-order chi connectivity index (χ1) is 10.4. The molecule has 2 aliphatic rings. The lowest BCUT2D eigenvalue weighted by atomic mass is 10.1. The lowest BCUT2D eigenvalue weighted by Gasteiger charge is -2.21. The molecular formula is C16H20N4O. The fraction of sp³-hybridized carbons (Fsp3) is 0.500. The van der Waals surface area contributed by atoms with Crippen molar-refractivity contribution in [2.75, 3.05) is 13.1 Å². The van der Waals surface area contributed by atoms with Crippen LogP contribution < -0.4 is 5.32 Å². The third-order valence-corrected chi connectivity index (χ3v) is 4.47. The normalized spacial score (nSPS) is 25.9. The number of aromatic nitrogens is 2. The van der Waals surface area contributed by atoms with Gasteiger partial charge in [-0.1, -0.05) is 35.5 Å². The molecule has 110 valence electrons. The van der Waals surface area contributed by atoms with Crippen molar-refractivity contribution < 1.29 is 4.52 Å². The fourth-order valence-corrected chi connectivity index (χ4v) is 3.37. The Hall–Kier alpha value is -1.72. The van der Waals surface area contributed by atoms with Crippen LogP contribution in [0.25, 0.3) is 11.4 Å². The van der Waals surface area contributed by atoms with Gasteiger partial charge in [0.25, 0.3) is 0 Å². The highest BCUT2D eigenvalue weighted by atomic mass is 16.5. The Kier molecular flexibility index (Phi) is 3.45. The lowest BCUT2D eigenvalue weighted by Crippen LogP contribution is -2.35. The molecule has 3 heterocycles. The van der Waals surface area contributed by atoms with Crippen molar-refractivity contribution in [1.29, 1.82) is 0 Å². The number of benzene rings is 1. The van der Waals surface area contributed by atoms with E-state index in [1.54, 1.807) is 0 Å². The number of rotatable bonds is 3. The van der Waals surface area contributed by atoms with Gasteiger partial charge in [-0.2, -0.15) is 4.98 Å². The SMILES string of the molecule is c1ccc(-c2noc(CN3CCC4CCC(C3)N4)n2)cc1. The van der Waals surface area contributed by atoms with E-state index in [9.17, 15) is 0 Å². The van der Waals surface area contributed by atoms with Gasteiger partial charge in [0.1, 0.15) is 0 Å². The molecule has 4 rings (SSSR count). The smallest absolute Gasteiger partial charge is 0.241 e. The first-order valence-electron chi connectivity index (χ1n) is 7.73. The van der Waals surface area contributed by atoms with E-state index in [0.29, 0.717) is 23.8 Å². The molecule has 5 nitrogen and oxygen atoms in total. The Morgan fingerprint density at radius 1 is 1.14 bits per heavy atom.